The minimum atomic E-state index is -4.49. The Hall–Kier alpha value is 0.420. The second kappa shape index (κ2) is 2.57. The minimum absolute atomic E-state index is 3.12. The smallest absolute Gasteiger partial charge is 0.231 e. The zero-order valence-corrected chi connectivity index (χ0v) is 5.54. The Kier molecular flexibility index (Phi) is 2.69. The van der Waals surface area contributed by atoms with Crippen LogP contribution in [0.1, 0.15) is 0 Å². The molecule has 0 fully saturated rings. The van der Waals surface area contributed by atoms with Gasteiger partial charge in [-0.2, -0.15) is 0 Å². The molecule has 9 heteroatoms. The Bertz CT molecular complexity index is 72.1. The maximum atomic E-state index is 7.87. The van der Waals surface area contributed by atoms with Gasteiger partial charge in [0.15, 0.2) is 0 Å². The van der Waals surface area contributed by atoms with Crippen molar-refractivity contribution in [1.29, 1.82) is 0 Å². The summed E-state index contributed by atoms with van der Waals surface area (Å²) >= 11 is -8.99. The molecular weight excluding hydrogens is 176 g/mol. The zero-order valence-electron chi connectivity index (χ0n) is 3.91. The summed E-state index contributed by atoms with van der Waals surface area (Å²) in [6.07, 6.45) is 0. The van der Waals surface area contributed by atoms with Gasteiger partial charge in [-0.25, -0.2) is 0 Å². The van der Waals surface area contributed by atoms with Crippen molar-refractivity contribution in [3.63, 3.8) is 0 Å². The Morgan fingerprint density at radius 1 is 0.667 bits per heavy atom. The van der Waals surface area contributed by atoms with Crippen molar-refractivity contribution < 1.29 is 30.9 Å². The average Bonchev–Trinajstić information content (AvgIpc) is 1.14. The maximum absolute atomic E-state index is 7.87. The summed E-state index contributed by atoms with van der Waals surface area (Å²) in [4.78, 5) is 0. The molecule has 0 bridgehead atoms. The third kappa shape index (κ3) is 8.42. The highest BCUT2D eigenvalue weighted by atomic mass is 32.4. The summed E-state index contributed by atoms with van der Waals surface area (Å²) in [7, 11) is 0. The summed E-state index contributed by atoms with van der Waals surface area (Å²) in [5.74, 6) is 0. The third-order valence-electron chi connectivity index (χ3n) is 0.183. The molecule has 0 aliphatic rings. The fourth-order valence-corrected chi connectivity index (χ4v) is 1.10. The minimum Gasteiger partial charge on any atom is -0.286 e. The van der Waals surface area contributed by atoms with Crippen molar-refractivity contribution in [2.24, 2.45) is 0 Å². The van der Waals surface area contributed by atoms with E-state index in [1.807, 2.05) is 0 Å². The van der Waals surface area contributed by atoms with Crippen molar-refractivity contribution in [1.82, 2.24) is 0 Å². The Labute approximate surface area is 54.0 Å². The van der Waals surface area contributed by atoms with Gasteiger partial charge in [0, 0.05) is 0 Å². The molecule has 0 aliphatic heterocycles. The van der Waals surface area contributed by atoms with Crippen LogP contribution in [-0.4, -0.2) is 27.3 Å². The van der Waals surface area contributed by atoms with Crippen LogP contribution in [0.15, 0.2) is 0 Å². The molecule has 0 atom stereocenters. The van der Waals surface area contributed by atoms with E-state index in [2.05, 4.69) is 3.63 Å². The van der Waals surface area contributed by atoms with Gasteiger partial charge in [0.2, 0.25) is 22.3 Å². The molecule has 0 aromatic heterocycles. The first-order chi connectivity index (χ1) is 3.71. The summed E-state index contributed by atoms with van der Waals surface area (Å²) in [6, 6.07) is 0. The molecule has 6 N–H and O–H groups in total. The van der Waals surface area contributed by atoms with Crippen LogP contribution in [0, 0.1) is 0 Å². The van der Waals surface area contributed by atoms with E-state index >= 15 is 0 Å². The highest BCUT2D eigenvalue weighted by Gasteiger charge is 2.25. The molecule has 0 aromatic carbocycles. The predicted molar refractivity (Wildman–Crippen MR) is 32.0 cm³/mol. The van der Waals surface area contributed by atoms with E-state index in [0.717, 1.165) is 0 Å². The number of rotatable bonds is 2. The summed E-state index contributed by atoms with van der Waals surface area (Å²) in [5, 5.41) is 0. The lowest BCUT2D eigenvalue weighted by Crippen LogP contribution is -2.05. The number of hydrogen-bond acceptors (Lipinski definition) is 7. The van der Waals surface area contributed by atoms with Crippen LogP contribution in [-0.2, 0) is 3.63 Å². The molecule has 0 rings (SSSR count). The van der Waals surface area contributed by atoms with Gasteiger partial charge in [0.25, 0.3) is 0 Å². The molecule has 0 aromatic rings. The van der Waals surface area contributed by atoms with E-state index in [1.165, 1.54) is 0 Å². The molecule has 0 spiro atoms. The van der Waals surface area contributed by atoms with E-state index in [9.17, 15) is 0 Å². The van der Waals surface area contributed by atoms with Gasteiger partial charge in [-0.3, -0.25) is 27.3 Å². The van der Waals surface area contributed by atoms with E-state index in [-0.39, 0.29) is 0 Å². The molecule has 7 nitrogen and oxygen atoms in total. The Morgan fingerprint density at radius 2 is 0.889 bits per heavy atom. The van der Waals surface area contributed by atoms with Gasteiger partial charge < -0.3 is 0 Å². The van der Waals surface area contributed by atoms with Crippen LogP contribution >= 0.6 is 22.3 Å². The summed E-state index contributed by atoms with van der Waals surface area (Å²) in [6.45, 7) is 0. The molecule has 0 saturated carbocycles. The van der Waals surface area contributed by atoms with E-state index in [1.54, 1.807) is 0 Å². The van der Waals surface area contributed by atoms with Crippen LogP contribution in [0.4, 0.5) is 0 Å². The highest BCUT2D eigenvalue weighted by Crippen LogP contribution is 2.51. The van der Waals surface area contributed by atoms with Gasteiger partial charge in [-0.15, -0.1) is 3.63 Å². The molecule has 0 radical (unpaired) electrons. The molecule has 0 saturated heterocycles. The second-order valence-electron chi connectivity index (χ2n) is 1.01. The van der Waals surface area contributed by atoms with E-state index < -0.39 is 22.3 Å². The molecule has 9 heavy (non-hydrogen) atoms. The highest BCUT2D eigenvalue weighted by molar-refractivity contribution is 8.27. The molecule has 0 amide bonds. The van der Waals surface area contributed by atoms with Gasteiger partial charge in [-0.1, -0.05) is 0 Å². The normalized spacial score (nSPS) is 17.6. The van der Waals surface area contributed by atoms with Crippen molar-refractivity contribution in [2.45, 2.75) is 0 Å². The zero-order chi connectivity index (χ0) is 7.71. The summed E-state index contributed by atoms with van der Waals surface area (Å²) < 4.78 is 50.3. The van der Waals surface area contributed by atoms with Crippen molar-refractivity contribution in [3.05, 3.63) is 0 Å². The SMILES string of the molecule is OS(O)(O)OS(O)(O)O. The fraction of sp³-hybridized carbons (Fsp3) is 0. The largest absolute Gasteiger partial charge is 0.286 e. The molecule has 0 unspecified atom stereocenters. The van der Waals surface area contributed by atoms with Crippen LogP contribution in [0.25, 0.3) is 0 Å². The van der Waals surface area contributed by atoms with Crippen LogP contribution in [0.2, 0.25) is 0 Å². The van der Waals surface area contributed by atoms with E-state index in [0.29, 0.717) is 0 Å². The first-order valence-electron chi connectivity index (χ1n) is 1.43. The Morgan fingerprint density at radius 3 is 0.889 bits per heavy atom. The van der Waals surface area contributed by atoms with Crippen molar-refractivity contribution >= 4 is 22.3 Å². The Balaban J connectivity index is 3.75. The van der Waals surface area contributed by atoms with Gasteiger partial charge >= 0.3 is 0 Å². The number of hydrogen-bond donors (Lipinski definition) is 6. The lowest BCUT2D eigenvalue weighted by Gasteiger charge is -2.25. The predicted octanol–water partition coefficient (Wildman–Crippen LogP) is 1.28. The summed E-state index contributed by atoms with van der Waals surface area (Å²) in [5.41, 5.74) is 0. The van der Waals surface area contributed by atoms with E-state index in [4.69, 9.17) is 27.3 Å². The van der Waals surface area contributed by atoms with Crippen LogP contribution in [0.3, 0.4) is 0 Å². The standard InChI is InChI=1S/H6O7S2/c1-8(2,3)7-9(4,5)6/h1-6H. The first kappa shape index (κ1) is 9.42. The van der Waals surface area contributed by atoms with Crippen LogP contribution in [0.5, 0.6) is 0 Å². The molecule has 0 aliphatic carbocycles. The van der Waals surface area contributed by atoms with Gasteiger partial charge in [-0.05, 0) is 0 Å². The lowest BCUT2D eigenvalue weighted by atomic mass is 15.7. The molecule has 60 valence electrons. The molecule has 0 heterocycles. The second-order valence-corrected chi connectivity index (χ2v) is 3.42. The maximum Gasteiger partial charge on any atom is 0.231 e. The van der Waals surface area contributed by atoms with Crippen molar-refractivity contribution in [2.75, 3.05) is 0 Å². The monoisotopic (exact) mass is 182 g/mol. The quantitative estimate of drug-likeness (QED) is 0.379. The third-order valence-corrected chi connectivity index (χ3v) is 1.64. The lowest BCUT2D eigenvalue weighted by molar-refractivity contribution is 0.232. The fourth-order valence-electron chi connectivity index (χ4n) is 0.122. The topological polar surface area (TPSA) is 131 Å². The van der Waals surface area contributed by atoms with Gasteiger partial charge in [0.1, 0.15) is 0 Å². The average molecular weight is 182 g/mol. The van der Waals surface area contributed by atoms with Crippen LogP contribution < -0.4 is 0 Å². The first-order valence-corrected chi connectivity index (χ1v) is 4.29. The van der Waals surface area contributed by atoms with Crippen molar-refractivity contribution in [3.8, 4) is 0 Å². The van der Waals surface area contributed by atoms with Gasteiger partial charge in [0.05, 0.1) is 0 Å². The molecular formula is H6O7S2.